The molecule has 0 aromatic rings. The molecule has 0 bridgehead atoms. The van der Waals surface area contributed by atoms with Gasteiger partial charge in [0, 0.05) is 13.1 Å². The first kappa shape index (κ1) is 10.4. The molecule has 0 saturated heterocycles. The molecule has 0 atom stereocenters. The van der Waals surface area contributed by atoms with Crippen LogP contribution < -0.4 is 5.48 Å². The molecule has 0 unspecified atom stereocenters. The van der Waals surface area contributed by atoms with Crippen molar-refractivity contribution in [3.63, 3.8) is 0 Å². The number of halogens is 1. The molecule has 8 heavy (non-hydrogen) atoms. The van der Waals surface area contributed by atoms with Gasteiger partial charge >= 0.3 is 5.97 Å². The lowest BCUT2D eigenvalue weighted by Crippen LogP contribution is -2.11. The van der Waals surface area contributed by atoms with Crippen molar-refractivity contribution in [3.05, 3.63) is 12.7 Å². The zero-order chi connectivity index (χ0) is 5.70. The molecule has 48 valence electrons. The Morgan fingerprint density at radius 1 is 1.88 bits per heavy atom. The molecule has 0 rings (SSSR count). The van der Waals surface area contributed by atoms with Gasteiger partial charge in [-0.3, -0.25) is 0 Å². The molecule has 0 radical (unpaired) electrons. The molecule has 0 aliphatic rings. The molecule has 0 aromatic heterocycles. The van der Waals surface area contributed by atoms with E-state index < -0.39 is 5.97 Å². The smallest absolute Gasteiger partial charge is 0.348 e. The third-order valence-electron chi connectivity index (χ3n) is 0.369. The normalized spacial score (nSPS) is 6.62. The van der Waals surface area contributed by atoms with Crippen LogP contribution in [0.4, 0.5) is 0 Å². The topological polar surface area (TPSA) is 38.3 Å². The molecule has 0 aliphatic heterocycles. The lowest BCUT2D eigenvalue weighted by molar-refractivity contribution is -0.143. The standard InChI is InChI=1S/C4H7NO2.ClH/c1-3-4(6)7-5-2;/h3,5H,1H2,2H3;1H. The van der Waals surface area contributed by atoms with Gasteiger partial charge in [-0.05, 0) is 0 Å². The van der Waals surface area contributed by atoms with E-state index in [1.54, 1.807) is 0 Å². The number of rotatable bonds is 2. The van der Waals surface area contributed by atoms with Gasteiger partial charge in [0.05, 0.1) is 0 Å². The summed E-state index contributed by atoms with van der Waals surface area (Å²) in [6.45, 7) is 3.16. The summed E-state index contributed by atoms with van der Waals surface area (Å²) in [5.41, 5.74) is 2.20. The van der Waals surface area contributed by atoms with E-state index >= 15 is 0 Å². The second-order valence-electron chi connectivity index (χ2n) is 0.829. The van der Waals surface area contributed by atoms with Crippen molar-refractivity contribution in [2.75, 3.05) is 7.05 Å². The molecule has 0 aromatic carbocycles. The Bertz CT molecular complexity index is 84.1. The highest BCUT2D eigenvalue weighted by Crippen LogP contribution is 1.67. The van der Waals surface area contributed by atoms with Gasteiger partial charge in [-0.1, -0.05) is 6.58 Å². The second kappa shape index (κ2) is 6.46. The Balaban J connectivity index is 0. The van der Waals surface area contributed by atoms with Gasteiger partial charge in [0.2, 0.25) is 0 Å². The van der Waals surface area contributed by atoms with Crippen molar-refractivity contribution in [1.29, 1.82) is 0 Å². The highest BCUT2D eigenvalue weighted by molar-refractivity contribution is 5.85. The highest BCUT2D eigenvalue weighted by Gasteiger charge is 1.86. The number of carbonyl (C=O) groups excluding carboxylic acids is 1. The summed E-state index contributed by atoms with van der Waals surface area (Å²) in [5.74, 6) is -0.470. The van der Waals surface area contributed by atoms with Gasteiger partial charge < -0.3 is 4.84 Å². The SMILES string of the molecule is C=CC(=O)ONC.Cl. The lowest BCUT2D eigenvalue weighted by atomic mass is 10.7. The van der Waals surface area contributed by atoms with Crippen LogP contribution in [0.3, 0.4) is 0 Å². The summed E-state index contributed by atoms with van der Waals surface area (Å²) in [6.07, 6.45) is 1.08. The maximum atomic E-state index is 10.0. The van der Waals surface area contributed by atoms with Gasteiger partial charge in [0.1, 0.15) is 0 Å². The van der Waals surface area contributed by atoms with Crippen LogP contribution in [0.1, 0.15) is 0 Å². The maximum absolute atomic E-state index is 10.0. The molecule has 0 amide bonds. The highest BCUT2D eigenvalue weighted by atomic mass is 35.5. The Morgan fingerprint density at radius 3 is 2.50 bits per heavy atom. The van der Waals surface area contributed by atoms with Crippen molar-refractivity contribution in [3.8, 4) is 0 Å². The third kappa shape index (κ3) is 5.46. The van der Waals surface area contributed by atoms with Gasteiger partial charge in [-0.15, -0.1) is 12.4 Å². The number of hydrogen-bond acceptors (Lipinski definition) is 3. The molecule has 0 spiro atoms. The molecule has 0 heterocycles. The summed E-state index contributed by atoms with van der Waals surface area (Å²) >= 11 is 0. The largest absolute Gasteiger partial charge is 0.367 e. The van der Waals surface area contributed by atoms with Crippen LogP contribution >= 0.6 is 12.4 Å². The molecule has 0 saturated carbocycles. The number of nitrogens with one attached hydrogen (secondary N) is 1. The number of hydrogen-bond donors (Lipinski definition) is 1. The number of carbonyl (C=O) groups is 1. The zero-order valence-electron chi connectivity index (χ0n) is 4.51. The Labute approximate surface area is 54.1 Å². The summed E-state index contributed by atoms with van der Waals surface area (Å²) < 4.78 is 0. The molecule has 1 N–H and O–H groups in total. The first-order chi connectivity index (χ1) is 3.31. The van der Waals surface area contributed by atoms with E-state index in [0.717, 1.165) is 6.08 Å². The van der Waals surface area contributed by atoms with Gasteiger partial charge in [0.15, 0.2) is 0 Å². The average Bonchev–Trinajstić information content (AvgIpc) is 1.68. The summed E-state index contributed by atoms with van der Waals surface area (Å²) in [6, 6.07) is 0. The summed E-state index contributed by atoms with van der Waals surface area (Å²) in [7, 11) is 1.50. The van der Waals surface area contributed by atoms with E-state index in [9.17, 15) is 4.79 Å². The van der Waals surface area contributed by atoms with E-state index in [-0.39, 0.29) is 12.4 Å². The van der Waals surface area contributed by atoms with Crippen LogP contribution in [0.15, 0.2) is 12.7 Å². The Morgan fingerprint density at radius 2 is 2.38 bits per heavy atom. The van der Waals surface area contributed by atoms with Crippen LogP contribution in [0, 0.1) is 0 Å². The van der Waals surface area contributed by atoms with Gasteiger partial charge in [-0.25, -0.2) is 4.79 Å². The minimum absolute atomic E-state index is 0. The van der Waals surface area contributed by atoms with E-state index in [4.69, 9.17) is 0 Å². The van der Waals surface area contributed by atoms with Crippen molar-refractivity contribution >= 4 is 18.4 Å². The maximum Gasteiger partial charge on any atom is 0.348 e. The van der Waals surface area contributed by atoms with Crippen LogP contribution in [-0.4, -0.2) is 13.0 Å². The van der Waals surface area contributed by atoms with Crippen molar-refractivity contribution in [2.24, 2.45) is 0 Å². The van der Waals surface area contributed by atoms with Crippen LogP contribution in [0.2, 0.25) is 0 Å². The molecule has 3 nitrogen and oxygen atoms in total. The van der Waals surface area contributed by atoms with Crippen LogP contribution in [0.5, 0.6) is 0 Å². The first-order valence-corrected chi connectivity index (χ1v) is 1.81. The summed E-state index contributed by atoms with van der Waals surface area (Å²) in [5, 5.41) is 0. The number of hydroxylamine groups is 1. The fraction of sp³-hybridized carbons (Fsp3) is 0.250. The fourth-order valence-corrected chi connectivity index (χ4v) is 0.142. The molecule has 4 heteroatoms. The first-order valence-electron chi connectivity index (χ1n) is 1.81. The second-order valence-corrected chi connectivity index (χ2v) is 0.829. The van der Waals surface area contributed by atoms with E-state index in [2.05, 4.69) is 16.9 Å². The lowest BCUT2D eigenvalue weighted by Gasteiger charge is -1.91. The minimum atomic E-state index is -0.470. The van der Waals surface area contributed by atoms with E-state index in [0.29, 0.717) is 0 Å². The molecule has 0 fully saturated rings. The molecule has 0 aliphatic carbocycles. The van der Waals surface area contributed by atoms with Gasteiger partial charge in [0.25, 0.3) is 0 Å². The average molecular weight is 138 g/mol. The molecular weight excluding hydrogens is 130 g/mol. The zero-order valence-corrected chi connectivity index (χ0v) is 5.33. The van der Waals surface area contributed by atoms with E-state index in [1.165, 1.54) is 7.05 Å². The third-order valence-corrected chi connectivity index (χ3v) is 0.369. The van der Waals surface area contributed by atoms with E-state index in [1.807, 2.05) is 0 Å². The van der Waals surface area contributed by atoms with Crippen molar-refractivity contribution < 1.29 is 9.63 Å². The monoisotopic (exact) mass is 137 g/mol. The Kier molecular flexibility index (Phi) is 8.43. The predicted molar refractivity (Wildman–Crippen MR) is 32.6 cm³/mol. The fourth-order valence-electron chi connectivity index (χ4n) is 0.142. The van der Waals surface area contributed by atoms with Gasteiger partial charge in [-0.2, -0.15) is 5.48 Å². The minimum Gasteiger partial charge on any atom is -0.367 e. The molecular formula is C4H8ClNO2. The van der Waals surface area contributed by atoms with Crippen LogP contribution in [0.25, 0.3) is 0 Å². The quantitative estimate of drug-likeness (QED) is 0.439. The Hall–Kier alpha value is -0.540. The van der Waals surface area contributed by atoms with Crippen molar-refractivity contribution in [1.82, 2.24) is 5.48 Å². The van der Waals surface area contributed by atoms with Crippen molar-refractivity contribution in [2.45, 2.75) is 0 Å². The van der Waals surface area contributed by atoms with Crippen LogP contribution in [-0.2, 0) is 9.63 Å². The summed E-state index contributed by atoms with van der Waals surface area (Å²) in [4.78, 5) is 14.2. The predicted octanol–water partition coefficient (Wildman–Crippen LogP) is 0.272.